The summed E-state index contributed by atoms with van der Waals surface area (Å²) in [6, 6.07) is 11.3. The fraction of sp³-hybridized carbons (Fsp3) is 0.441. The molecule has 0 fully saturated rings. The molecule has 50 heteroatoms. The Balaban J connectivity index is 1.08. The molecule has 1 unspecified atom stereocenters. The SMILES string of the molecule is COc1ccc(C2(O)c3ccc(CCCCCC(=O)N[C@@H](CCC(=O)O)C(=O)NCC(=O)N[C@H](C(=O)N[C@@H](CC(N)=O)C(=O)N[C@@H](CC(=O)O)C(=O)N[C@@H](CC(N)=O)C(=O)N[C@@H](CCC(=O)O)C(=O)N[C@@H](CCC(=O)O)C(=O)NCC(=O)N[C@@H](Cc4ccccc4)C(=O)N[C@@H](Cc4ccccc4)C(=O)N[C@@H](CO)C(=O)N[C@@H](C)C(=O)N[C@@H](CCCNC(=N)N)C(=O)O)C(C)C)cc3Oc3cc(OC)ccc32)cc1. The maximum atomic E-state index is 14.5. The summed E-state index contributed by atoms with van der Waals surface area (Å²) in [6.45, 7) is 1.01. The van der Waals surface area contributed by atoms with Crippen molar-refractivity contribution >= 4 is 130 Å². The summed E-state index contributed by atoms with van der Waals surface area (Å²) in [5.74, 6) is -26.8. The maximum absolute atomic E-state index is 14.5. The minimum absolute atomic E-state index is 0.0927. The Labute approximate surface area is 818 Å². The summed E-state index contributed by atoms with van der Waals surface area (Å²) < 4.78 is 17.1. The Hall–Kier alpha value is -16.4. The van der Waals surface area contributed by atoms with Crippen LogP contribution in [-0.2, 0) is 126 Å². The lowest BCUT2D eigenvalue weighted by Crippen LogP contribution is -2.61. The van der Waals surface area contributed by atoms with Gasteiger partial charge in [-0.1, -0.05) is 105 Å². The van der Waals surface area contributed by atoms with Gasteiger partial charge in [0.05, 0.1) is 53.2 Å². The molecule has 143 heavy (non-hydrogen) atoms. The van der Waals surface area contributed by atoms with Crippen molar-refractivity contribution < 1.29 is 151 Å². The van der Waals surface area contributed by atoms with Gasteiger partial charge in [0, 0.05) is 62.3 Å². The normalized spacial score (nSPS) is 14.7. The first-order valence-electron chi connectivity index (χ1n) is 45.2. The third kappa shape index (κ3) is 38.4. The Morgan fingerprint density at radius 3 is 1.27 bits per heavy atom. The van der Waals surface area contributed by atoms with Gasteiger partial charge in [0.2, 0.25) is 94.5 Å². The average molecular weight is 2000 g/mol. The minimum Gasteiger partial charge on any atom is -0.497 e. The number of guanidine groups is 1. The van der Waals surface area contributed by atoms with Crippen LogP contribution in [0.2, 0.25) is 0 Å². The van der Waals surface area contributed by atoms with Crippen molar-refractivity contribution in [3.05, 3.63) is 155 Å². The molecule has 1 aliphatic heterocycles. The van der Waals surface area contributed by atoms with Crippen LogP contribution in [0.15, 0.2) is 121 Å². The van der Waals surface area contributed by atoms with Crippen LogP contribution in [0.25, 0.3) is 0 Å². The van der Waals surface area contributed by atoms with Gasteiger partial charge in [-0.05, 0) is 117 Å². The number of ether oxygens (including phenoxy) is 3. The Bertz CT molecular complexity index is 5400. The standard InChI is InChI=1S/C93H121N19O31/c1-48(2)79(112-74(118)46-100-81(128)58(31-34-75(119)120)102-72(116)22-14-8-13-20-52-23-29-56-68(40-52)143-69-41-55(142-5)28-30-57(69)93(56,140)53-24-26-54(141-4)27-25-53)90(137)110-65(43-71(95)115)87(134)109-66(44-78(125)126)88(135)108-64(42-70(94)114)86(133)105-60(33-36-77(123)124)83(130)104-59(32-35-76(121)122)82(129)99-45-73(117)103-62(38-50-16-9-6-10-17-50)84(131)107-63(39-51-18-11-7-12-19-51)85(132)111-67(47-113)89(136)101-49(3)80(127)106-61(91(138)139)21-15-37-98-92(96)97/h6-7,9-12,16-19,23-30,40-41,48-49,58-67,79,113,140H,8,13-15,20-22,31-39,42-47H2,1-5H3,(H2,94,114)(H2,95,115)(H,99,129)(H,100,128)(H,101,136)(H,102,116)(H,103,117)(H,104,130)(H,105,133)(H,106,127)(H,107,131)(H,108,135)(H,109,134)(H,110,137)(H,111,132)(H,112,118)(H,119,120)(H,121,122)(H,123,124)(H,125,126)(H,138,139)(H4,96,97,98)/t49-,58-,59-,60-,61-,62-,63-,64-,65-,66-,67-,79-,93?/m0/s1. The number of carboxylic acid groups (broad SMARTS) is 5. The van der Waals surface area contributed by atoms with Crippen molar-refractivity contribution in [2.45, 2.75) is 214 Å². The highest BCUT2D eigenvalue weighted by Crippen LogP contribution is 2.51. The van der Waals surface area contributed by atoms with E-state index in [4.69, 9.17) is 36.8 Å². The summed E-state index contributed by atoms with van der Waals surface area (Å²) in [4.78, 5) is 280. The largest absolute Gasteiger partial charge is 0.497 e. The molecule has 1 heterocycles. The smallest absolute Gasteiger partial charge is 0.326 e. The van der Waals surface area contributed by atoms with Gasteiger partial charge in [-0.3, -0.25) is 101 Å². The molecule has 5 aromatic rings. The van der Waals surface area contributed by atoms with Crippen molar-refractivity contribution in [2.24, 2.45) is 23.1 Å². The number of carbonyl (C=O) groups excluding carboxylic acids is 16. The van der Waals surface area contributed by atoms with Crippen molar-refractivity contribution in [3.63, 3.8) is 0 Å². The quantitative estimate of drug-likeness (QED) is 0.00992. The molecule has 5 aromatic carbocycles. The zero-order valence-electron chi connectivity index (χ0n) is 78.8. The van der Waals surface area contributed by atoms with Crippen LogP contribution in [0.5, 0.6) is 23.0 Å². The number of nitrogens with one attached hydrogen (secondary N) is 16. The molecule has 0 aromatic heterocycles. The number of unbranched alkanes of at least 4 members (excludes halogenated alkanes) is 2. The van der Waals surface area contributed by atoms with Crippen LogP contribution in [0, 0.1) is 11.3 Å². The summed E-state index contributed by atoms with van der Waals surface area (Å²) in [6.07, 6.45) is -7.17. The average Bonchev–Trinajstić information content (AvgIpc) is 0.722. The number of fused-ring (bicyclic) bond motifs is 2. The van der Waals surface area contributed by atoms with Gasteiger partial charge >= 0.3 is 29.8 Å². The van der Waals surface area contributed by atoms with Crippen LogP contribution < -0.4 is 111 Å². The van der Waals surface area contributed by atoms with Gasteiger partial charge in [-0.2, -0.15) is 0 Å². The number of amides is 16. The van der Waals surface area contributed by atoms with Crippen molar-refractivity contribution in [3.8, 4) is 23.0 Å². The number of hydrogen-bond acceptors (Lipinski definition) is 27. The van der Waals surface area contributed by atoms with E-state index in [2.05, 4.69) is 69.1 Å². The molecule has 0 radical (unpaired) electrons. The molecule has 6 rings (SSSR count). The van der Waals surface area contributed by atoms with Gasteiger partial charge in [0.1, 0.15) is 101 Å². The number of nitrogens with two attached hydrogens (primary N) is 3. The van der Waals surface area contributed by atoms with E-state index in [1.54, 1.807) is 109 Å². The first kappa shape index (κ1) is 115. The number of aryl methyl sites for hydroxylation is 1. The maximum Gasteiger partial charge on any atom is 0.326 e. The highest BCUT2D eigenvalue weighted by atomic mass is 16.5. The molecule has 1 aliphatic rings. The molecule has 774 valence electrons. The van der Waals surface area contributed by atoms with Crippen molar-refractivity contribution in [1.29, 1.82) is 5.41 Å². The zero-order valence-corrected chi connectivity index (χ0v) is 78.8. The molecule has 0 bridgehead atoms. The predicted molar refractivity (Wildman–Crippen MR) is 501 cm³/mol. The van der Waals surface area contributed by atoms with Gasteiger partial charge in [-0.25, -0.2) is 4.79 Å². The van der Waals surface area contributed by atoms with Gasteiger partial charge in [-0.15, -0.1) is 0 Å². The predicted octanol–water partition coefficient (Wildman–Crippen LogP) is -4.43. The fourth-order valence-electron chi connectivity index (χ4n) is 14.7. The first-order chi connectivity index (χ1) is 67.7. The lowest BCUT2D eigenvalue weighted by Gasteiger charge is -2.37. The van der Waals surface area contributed by atoms with Gasteiger partial charge < -0.3 is 147 Å². The lowest BCUT2D eigenvalue weighted by atomic mass is 9.77. The van der Waals surface area contributed by atoms with E-state index in [0.29, 0.717) is 76.5 Å². The highest BCUT2D eigenvalue weighted by Gasteiger charge is 2.44. The third-order valence-electron chi connectivity index (χ3n) is 22.2. The molecule has 0 saturated heterocycles. The molecule has 29 N–H and O–H groups in total. The summed E-state index contributed by atoms with van der Waals surface area (Å²) in [5, 5.41) is 113. The number of carbonyl (C=O) groups is 21. The number of hydrogen-bond donors (Lipinski definition) is 26. The molecule has 0 saturated carbocycles. The topological polar surface area (TPSA) is 810 Å². The second-order valence-electron chi connectivity index (χ2n) is 33.6. The number of carboxylic acids is 5. The van der Waals surface area contributed by atoms with E-state index in [9.17, 15) is 136 Å². The molecule has 0 aliphatic carbocycles. The van der Waals surface area contributed by atoms with E-state index in [1.807, 2.05) is 22.8 Å². The van der Waals surface area contributed by atoms with E-state index in [0.717, 1.165) is 5.56 Å². The fourth-order valence-corrected chi connectivity index (χ4v) is 14.7. The zero-order chi connectivity index (χ0) is 106. The summed E-state index contributed by atoms with van der Waals surface area (Å²) in [7, 11) is 3.03. The van der Waals surface area contributed by atoms with Crippen LogP contribution >= 0.6 is 0 Å². The second-order valence-corrected chi connectivity index (χ2v) is 33.6. The van der Waals surface area contributed by atoms with Crippen molar-refractivity contribution in [2.75, 3.05) is 40.5 Å². The van der Waals surface area contributed by atoms with Crippen LogP contribution in [0.3, 0.4) is 0 Å². The van der Waals surface area contributed by atoms with Crippen molar-refractivity contribution in [1.82, 2.24) is 79.8 Å². The summed E-state index contributed by atoms with van der Waals surface area (Å²) in [5.41, 5.74) is 17.7. The molecular weight excluding hydrogens is 1880 g/mol. The van der Waals surface area contributed by atoms with E-state index in [-0.39, 0.29) is 44.6 Å². The van der Waals surface area contributed by atoms with E-state index >= 15 is 0 Å². The number of rotatable bonds is 62. The molecule has 16 amide bonds. The number of primary amides is 2. The Kier molecular flexibility index (Phi) is 46.1. The Morgan fingerprint density at radius 1 is 0.378 bits per heavy atom. The Morgan fingerprint density at radius 2 is 0.790 bits per heavy atom. The van der Waals surface area contributed by atoms with Gasteiger partial charge in [0.15, 0.2) is 5.96 Å². The number of methoxy groups -OCH3 is 2. The lowest BCUT2D eigenvalue weighted by molar-refractivity contribution is -0.142. The number of aliphatic hydroxyl groups is 2. The van der Waals surface area contributed by atoms with Gasteiger partial charge in [0.25, 0.3) is 0 Å². The number of benzene rings is 5. The second kappa shape index (κ2) is 57.2. The van der Waals surface area contributed by atoms with E-state index < -0.39 is 286 Å². The first-order valence-corrected chi connectivity index (χ1v) is 45.2. The number of aliphatic hydroxyl groups excluding tert-OH is 1. The number of aliphatic carboxylic acids is 5. The molecular formula is C93H121N19O31. The summed E-state index contributed by atoms with van der Waals surface area (Å²) >= 11 is 0. The van der Waals surface area contributed by atoms with Crippen LogP contribution in [-0.4, -0.2) is 279 Å². The highest BCUT2D eigenvalue weighted by molar-refractivity contribution is 6.02. The third-order valence-corrected chi connectivity index (χ3v) is 22.2. The monoisotopic (exact) mass is 2000 g/mol. The minimum atomic E-state index is -2.34. The van der Waals surface area contributed by atoms with E-state index in [1.165, 1.54) is 35.0 Å². The van der Waals surface area contributed by atoms with Crippen LogP contribution in [0.4, 0.5) is 0 Å². The molecule has 0 spiro atoms. The molecule has 13 atom stereocenters. The molecule has 50 nitrogen and oxygen atoms in total. The van der Waals surface area contributed by atoms with Crippen LogP contribution in [0.1, 0.15) is 150 Å².